The van der Waals surface area contributed by atoms with Crippen LogP contribution in [0.3, 0.4) is 0 Å². The summed E-state index contributed by atoms with van der Waals surface area (Å²) < 4.78 is 72.1. The summed E-state index contributed by atoms with van der Waals surface area (Å²) in [6.45, 7) is 1.89. The molecule has 0 amide bonds. The van der Waals surface area contributed by atoms with Crippen LogP contribution in [-0.2, 0) is 10.0 Å². The van der Waals surface area contributed by atoms with Gasteiger partial charge < -0.3 is 9.47 Å². The Morgan fingerprint density at radius 2 is 1.72 bits per heavy atom. The molecule has 2 rings (SSSR count). The van der Waals surface area contributed by atoms with E-state index in [9.17, 15) is 21.6 Å². The maximum Gasteiger partial charge on any atom is 0.573 e. The highest BCUT2D eigenvalue weighted by Gasteiger charge is 2.31. The quantitative estimate of drug-likeness (QED) is 0.786. The molecule has 0 unspecified atom stereocenters. The molecule has 0 bridgehead atoms. The van der Waals surface area contributed by atoms with Gasteiger partial charge in [-0.15, -0.1) is 13.2 Å². The van der Waals surface area contributed by atoms with Crippen LogP contribution >= 0.6 is 0 Å². The van der Waals surface area contributed by atoms with E-state index in [0.29, 0.717) is 12.4 Å². The molecule has 1 N–H and O–H groups in total. The molecule has 1 saturated carbocycles. The summed E-state index contributed by atoms with van der Waals surface area (Å²) in [6, 6.07) is 4.98. The lowest BCUT2D eigenvalue weighted by Gasteiger charge is -2.31. The van der Waals surface area contributed by atoms with E-state index in [2.05, 4.69) is 9.46 Å². The van der Waals surface area contributed by atoms with Gasteiger partial charge in [0.2, 0.25) is 10.0 Å². The van der Waals surface area contributed by atoms with Gasteiger partial charge in [-0.05, 0) is 44.0 Å². The van der Waals surface area contributed by atoms with Gasteiger partial charge in [0.1, 0.15) is 11.5 Å². The lowest BCUT2D eigenvalue weighted by atomic mass is 9.86. The third kappa shape index (κ3) is 6.74. The molecular formula is C16H22F3NO4S. The summed E-state index contributed by atoms with van der Waals surface area (Å²) in [6.07, 6.45) is -1.18. The van der Waals surface area contributed by atoms with E-state index < -0.39 is 16.4 Å². The van der Waals surface area contributed by atoms with Crippen LogP contribution in [-0.4, -0.2) is 33.2 Å². The van der Waals surface area contributed by atoms with Crippen molar-refractivity contribution >= 4 is 10.0 Å². The minimum Gasteiger partial charge on any atom is -0.493 e. The van der Waals surface area contributed by atoms with E-state index in [1.807, 2.05) is 0 Å². The van der Waals surface area contributed by atoms with Crippen molar-refractivity contribution in [3.05, 3.63) is 24.3 Å². The van der Waals surface area contributed by atoms with Crippen LogP contribution < -0.4 is 14.2 Å². The van der Waals surface area contributed by atoms with Gasteiger partial charge >= 0.3 is 6.36 Å². The van der Waals surface area contributed by atoms with Gasteiger partial charge in [0.05, 0.1) is 12.4 Å². The lowest BCUT2D eigenvalue weighted by molar-refractivity contribution is -0.274. The van der Waals surface area contributed by atoms with Gasteiger partial charge in [-0.25, -0.2) is 13.1 Å². The van der Waals surface area contributed by atoms with Crippen LogP contribution in [0.25, 0.3) is 0 Å². The van der Waals surface area contributed by atoms with Gasteiger partial charge in [0.15, 0.2) is 0 Å². The number of rotatable bonds is 7. The van der Waals surface area contributed by atoms with E-state index in [1.165, 1.54) is 24.3 Å². The first-order chi connectivity index (χ1) is 11.7. The molecule has 2 atom stereocenters. The highest BCUT2D eigenvalue weighted by atomic mass is 32.2. The Labute approximate surface area is 145 Å². The zero-order chi connectivity index (χ0) is 18.5. The molecule has 1 aliphatic carbocycles. The molecule has 142 valence electrons. The molecule has 9 heteroatoms. The van der Waals surface area contributed by atoms with Gasteiger partial charge in [-0.2, -0.15) is 0 Å². The van der Waals surface area contributed by atoms with Gasteiger partial charge in [-0.3, -0.25) is 0 Å². The number of sulfonamides is 1. The monoisotopic (exact) mass is 381 g/mol. The van der Waals surface area contributed by atoms with Crippen molar-refractivity contribution in [2.75, 3.05) is 12.4 Å². The number of ether oxygens (including phenoxy) is 2. The Morgan fingerprint density at radius 1 is 1.12 bits per heavy atom. The van der Waals surface area contributed by atoms with Crippen LogP contribution in [0.15, 0.2) is 24.3 Å². The molecule has 0 heterocycles. The molecule has 1 aromatic rings. The molecular weight excluding hydrogens is 359 g/mol. The molecule has 0 saturated heterocycles. The first kappa shape index (κ1) is 19.8. The summed E-state index contributed by atoms with van der Waals surface area (Å²) in [4.78, 5) is 0. The predicted octanol–water partition coefficient (Wildman–Crippen LogP) is 3.46. The Morgan fingerprint density at radius 3 is 2.32 bits per heavy atom. The summed E-state index contributed by atoms with van der Waals surface area (Å²) in [5.41, 5.74) is 0. The highest BCUT2D eigenvalue weighted by molar-refractivity contribution is 7.89. The van der Waals surface area contributed by atoms with Crippen molar-refractivity contribution in [2.24, 2.45) is 5.92 Å². The van der Waals surface area contributed by atoms with E-state index in [1.54, 1.807) is 6.92 Å². The molecule has 5 nitrogen and oxygen atoms in total. The largest absolute Gasteiger partial charge is 0.573 e. The predicted molar refractivity (Wildman–Crippen MR) is 87.0 cm³/mol. The van der Waals surface area contributed by atoms with Gasteiger partial charge in [0.25, 0.3) is 0 Å². The Bertz CT molecular complexity index is 646. The second-order valence-corrected chi connectivity index (χ2v) is 8.05. The minimum atomic E-state index is -4.73. The van der Waals surface area contributed by atoms with E-state index in [-0.39, 0.29) is 23.5 Å². The minimum absolute atomic E-state index is 0.0255. The fraction of sp³-hybridized carbons (Fsp3) is 0.625. The van der Waals surface area contributed by atoms with Crippen LogP contribution in [0.4, 0.5) is 13.2 Å². The Kier molecular flexibility index (Phi) is 6.56. The molecule has 1 aliphatic rings. The number of halogens is 3. The second-order valence-electron chi connectivity index (χ2n) is 6.00. The molecule has 0 aromatic heterocycles. The van der Waals surface area contributed by atoms with Crippen molar-refractivity contribution in [3.8, 4) is 11.5 Å². The molecule has 0 radical (unpaired) electrons. The topological polar surface area (TPSA) is 64.6 Å². The van der Waals surface area contributed by atoms with E-state index >= 15 is 0 Å². The third-order valence-corrected chi connectivity index (χ3v) is 5.56. The Hall–Kier alpha value is -1.48. The van der Waals surface area contributed by atoms with Crippen molar-refractivity contribution in [1.82, 2.24) is 4.72 Å². The maximum atomic E-state index is 12.1. The normalized spacial score (nSPS) is 21.8. The standard InChI is InChI=1S/C16H22F3NO4S/c1-2-25(21,22)20-15-6-4-3-5-12(15)11-23-13-7-9-14(10-8-13)24-16(17,18)19/h7-10,12,15,20H,2-6,11H2,1H3/t12-,15+/m1/s1. The van der Waals surface area contributed by atoms with Crippen LogP contribution in [0.1, 0.15) is 32.6 Å². The summed E-state index contributed by atoms with van der Waals surface area (Å²) in [7, 11) is -3.29. The lowest BCUT2D eigenvalue weighted by Crippen LogP contribution is -2.44. The number of benzene rings is 1. The molecule has 1 fully saturated rings. The van der Waals surface area contributed by atoms with Crippen molar-refractivity contribution in [2.45, 2.75) is 45.0 Å². The summed E-state index contributed by atoms with van der Waals surface area (Å²) >= 11 is 0. The average molecular weight is 381 g/mol. The second kappa shape index (κ2) is 8.27. The molecule has 0 aliphatic heterocycles. The zero-order valence-corrected chi connectivity index (χ0v) is 14.7. The maximum absolute atomic E-state index is 12.1. The van der Waals surface area contributed by atoms with Crippen molar-refractivity contribution < 1.29 is 31.1 Å². The zero-order valence-electron chi connectivity index (χ0n) is 13.9. The fourth-order valence-corrected chi connectivity index (χ4v) is 3.76. The van der Waals surface area contributed by atoms with E-state index in [0.717, 1.165) is 25.7 Å². The number of hydrogen-bond donors (Lipinski definition) is 1. The van der Waals surface area contributed by atoms with Crippen molar-refractivity contribution in [1.29, 1.82) is 0 Å². The number of hydrogen-bond acceptors (Lipinski definition) is 4. The average Bonchev–Trinajstić information content (AvgIpc) is 2.54. The van der Waals surface area contributed by atoms with E-state index in [4.69, 9.17) is 4.74 Å². The fourth-order valence-electron chi connectivity index (χ4n) is 2.82. The Balaban J connectivity index is 1.92. The van der Waals surface area contributed by atoms with Crippen LogP contribution in [0.2, 0.25) is 0 Å². The molecule has 0 spiro atoms. The van der Waals surface area contributed by atoms with Crippen LogP contribution in [0.5, 0.6) is 11.5 Å². The molecule has 25 heavy (non-hydrogen) atoms. The first-order valence-corrected chi connectivity index (χ1v) is 9.82. The number of alkyl halides is 3. The summed E-state index contributed by atoms with van der Waals surface area (Å²) in [5.74, 6) is 0.155. The van der Waals surface area contributed by atoms with Crippen molar-refractivity contribution in [3.63, 3.8) is 0 Å². The molecule has 1 aromatic carbocycles. The van der Waals surface area contributed by atoms with Gasteiger partial charge in [-0.1, -0.05) is 12.8 Å². The first-order valence-electron chi connectivity index (χ1n) is 8.17. The SMILES string of the molecule is CCS(=O)(=O)N[C@H]1CCCC[C@@H]1COc1ccc(OC(F)(F)F)cc1. The third-order valence-electron chi connectivity index (χ3n) is 4.14. The smallest absolute Gasteiger partial charge is 0.493 e. The van der Waals surface area contributed by atoms with Gasteiger partial charge in [0, 0.05) is 12.0 Å². The van der Waals surface area contributed by atoms with Crippen LogP contribution in [0, 0.1) is 5.92 Å². The summed E-state index contributed by atoms with van der Waals surface area (Å²) in [5, 5.41) is 0. The highest BCUT2D eigenvalue weighted by Crippen LogP contribution is 2.28. The number of nitrogens with one attached hydrogen (secondary N) is 1.